The number of rotatable bonds is 4. The molecule has 1 atom stereocenters. The van der Waals surface area contributed by atoms with Crippen LogP contribution in [-0.2, 0) is 0 Å². The summed E-state index contributed by atoms with van der Waals surface area (Å²) in [6.45, 7) is 9.07. The van der Waals surface area contributed by atoms with E-state index in [1.807, 2.05) is 18.2 Å². The second-order valence-corrected chi connectivity index (χ2v) is 7.04. The van der Waals surface area contributed by atoms with E-state index in [9.17, 15) is 0 Å². The van der Waals surface area contributed by atoms with Gasteiger partial charge in [-0.25, -0.2) is 0 Å². The van der Waals surface area contributed by atoms with Gasteiger partial charge in [0.05, 0.1) is 0 Å². The van der Waals surface area contributed by atoms with Gasteiger partial charge in [-0.3, -0.25) is 4.99 Å². The highest BCUT2D eigenvalue weighted by molar-refractivity contribution is 5.93. The van der Waals surface area contributed by atoms with Crippen LogP contribution in [0.3, 0.4) is 0 Å². The van der Waals surface area contributed by atoms with Gasteiger partial charge in [0.25, 0.3) is 0 Å². The van der Waals surface area contributed by atoms with Crippen LogP contribution in [0, 0.1) is 5.41 Å². The molecule has 3 N–H and O–H groups in total. The largest absolute Gasteiger partial charge is 0.340 e. The molecule has 0 bridgehead atoms. The summed E-state index contributed by atoms with van der Waals surface area (Å²) in [6, 6.07) is 10.8. The molecule has 1 fully saturated rings. The smallest absolute Gasteiger partial charge is 0.198 e. The van der Waals surface area contributed by atoms with E-state index < -0.39 is 0 Å². The Morgan fingerprint density at radius 3 is 2.68 bits per heavy atom. The van der Waals surface area contributed by atoms with Crippen LogP contribution >= 0.6 is 0 Å². The molecule has 0 spiro atoms. The van der Waals surface area contributed by atoms with E-state index in [4.69, 9.17) is 10.7 Å². The highest BCUT2D eigenvalue weighted by Gasteiger charge is 2.23. The van der Waals surface area contributed by atoms with Gasteiger partial charge in [-0.2, -0.15) is 0 Å². The zero-order chi connectivity index (χ0) is 16.0. The van der Waals surface area contributed by atoms with Crippen molar-refractivity contribution in [2.75, 3.05) is 25.0 Å². The standard InChI is InChI=1S/C18H30N4/c1-15-9-7-8-12-22(15)17(20-14-18(2,3)13-19)21-16-10-5-4-6-11-16/h4-6,10-11,15H,7-9,12-14,19H2,1-3H3,(H,20,21). The minimum Gasteiger partial charge on any atom is -0.340 e. The number of piperidine rings is 1. The van der Waals surface area contributed by atoms with Gasteiger partial charge in [-0.1, -0.05) is 32.0 Å². The number of nitrogens with zero attached hydrogens (tertiary/aromatic N) is 2. The summed E-state index contributed by atoms with van der Waals surface area (Å²) in [4.78, 5) is 7.29. The first kappa shape index (κ1) is 16.8. The molecule has 4 nitrogen and oxygen atoms in total. The molecule has 1 aromatic rings. The number of benzene rings is 1. The predicted octanol–water partition coefficient (Wildman–Crippen LogP) is 3.31. The first-order valence-corrected chi connectivity index (χ1v) is 8.35. The summed E-state index contributed by atoms with van der Waals surface area (Å²) in [6.07, 6.45) is 3.78. The van der Waals surface area contributed by atoms with Crippen LogP contribution in [0.25, 0.3) is 0 Å². The van der Waals surface area contributed by atoms with Crippen LogP contribution in [0.5, 0.6) is 0 Å². The van der Waals surface area contributed by atoms with Gasteiger partial charge >= 0.3 is 0 Å². The normalized spacial score (nSPS) is 20.1. The molecule has 1 unspecified atom stereocenters. The van der Waals surface area contributed by atoms with Crippen molar-refractivity contribution in [2.45, 2.75) is 46.1 Å². The first-order valence-electron chi connectivity index (χ1n) is 8.35. The molecule has 0 radical (unpaired) electrons. The minimum absolute atomic E-state index is 0.0304. The number of aliphatic imine (C=N–C) groups is 1. The van der Waals surface area contributed by atoms with Gasteiger partial charge in [-0.05, 0) is 50.3 Å². The van der Waals surface area contributed by atoms with Crippen LogP contribution in [0.2, 0.25) is 0 Å². The molecule has 2 rings (SSSR count). The number of anilines is 1. The van der Waals surface area contributed by atoms with Crippen molar-refractivity contribution < 1.29 is 0 Å². The molecule has 1 saturated heterocycles. The fourth-order valence-electron chi connectivity index (χ4n) is 2.62. The topological polar surface area (TPSA) is 53.6 Å². The van der Waals surface area contributed by atoms with Crippen LogP contribution in [-0.4, -0.2) is 36.5 Å². The molecular weight excluding hydrogens is 272 g/mol. The fraction of sp³-hybridized carbons (Fsp3) is 0.611. The second kappa shape index (κ2) is 7.63. The lowest BCUT2D eigenvalue weighted by Crippen LogP contribution is -2.46. The summed E-state index contributed by atoms with van der Waals surface area (Å²) < 4.78 is 0. The number of nitrogens with two attached hydrogens (primary N) is 1. The number of likely N-dealkylation sites (tertiary alicyclic amines) is 1. The third kappa shape index (κ3) is 4.73. The van der Waals surface area contributed by atoms with Crippen LogP contribution in [0.1, 0.15) is 40.0 Å². The van der Waals surface area contributed by atoms with Crippen molar-refractivity contribution in [3.63, 3.8) is 0 Å². The lowest BCUT2D eigenvalue weighted by molar-refractivity contribution is 0.255. The Bertz CT molecular complexity index is 481. The number of para-hydroxylation sites is 1. The zero-order valence-corrected chi connectivity index (χ0v) is 14.2. The number of guanidine groups is 1. The Kier molecular flexibility index (Phi) is 5.83. The van der Waals surface area contributed by atoms with Gasteiger partial charge in [0, 0.05) is 24.8 Å². The van der Waals surface area contributed by atoms with E-state index >= 15 is 0 Å². The second-order valence-electron chi connectivity index (χ2n) is 7.04. The van der Waals surface area contributed by atoms with Gasteiger partial charge in [-0.15, -0.1) is 0 Å². The van der Waals surface area contributed by atoms with Crippen molar-refractivity contribution in [2.24, 2.45) is 16.1 Å². The summed E-state index contributed by atoms with van der Waals surface area (Å²) in [5.74, 6) is 0.986. The first-order chi connectivity index (χ1) is 10.5. The number of hydrogen-bond donors (Lipinski definition) is 2. The fourth-order valence-corrected chi connectivity index (χ4v) is 2.62. The average molecular weight is 302 g/mol. The van der Waals surface area contributed by atoms with Crippen molar-refractivity contribution >= 4 is 11.6 Å². The van der Waals surface area contributed by atoms with E-state index in [0.717, 1.165) is 24.7 Å². The van der Waals surface area contributed by atoms with Gasteiger partial charge < -0.3 is 16.0 Å². The van der Waals surface area contributed by atoms with E-state index in [-0.39, 0.29) is 5.41 Å². The molecule has 0 saturated carbocycles. The average Bonchev–Trinajstić information content (AvgIpc) is 2.53. The lowest BCUT2D eigenvalue weighted by atomic mass is 9.94. The SMILES string of the molecule is CC1CCCCN1C(=NCC(C)(C)CN)Nc1ccccc1. The molecule has 0 aliphatic carbocycles. The number of hydrogen-bond acceptors (Lipinski definition) is 2. The highest BCUT2D eigenvalue weighted by atomic mass is 15.3. The molecule has 1 aliphatic heterocycles. The van der Waals surface area contributed by atoms with Crippen molar-refractivity contribution in [3.8, 4) is 0 Å². The van der Waals surface area contributed by atoms with Crippen LogP contribution < -0.4 is 11.1 Å². The highest BCUT2D eigenvalue weighted by Crippen LogP contribution is 2.20. The van der Waals surface area contributed by atoms with E-state index in [1.54, 1.807) is 0 Å². The van der Waals surface area contributed by atoms with Gasteiger partial charge in [0.15, 0.2) is 5.96 Å². The maximum Gasteiger partial charge on any atom is 0.198 e. The molecule has 0 aromatic heterocycles. The van der Waals surface area contributed by atoms with E-state index in [0.29, 0.717) is 12.6 Å². The summed E-state index contributed by atoms with van der Waals surface area (Å²) >= 11 is 0. The third-order valence-electron chi connectivity index (χ3n) is 4.31. The molecule has 1 aliphatic rings. The predicted molar refractivity (Wildman–Crippen MR) is 95.2 cm³/mol. The van der Waals surface area contributed by atoms with Crippen molar-refractivity contribution in [1.29, 1.82) is 0 Å². The summed E-state index contributed by atoms with van der Waals surface area (Å²) in [7, 11) is 0. The van der Waals surface area contributed by atoms with Crippen LogP contribution in [0.4, 0.5) is 5.69 Å². The molecule has 1 heterocycles. The molecule has 1 aromatic carbocycles. The minimum atomic E-state index is 0.0304. The Morgan fingerprint density at radius 1 is 1.32 bits per heavy atom. The monoisotopic (exact) mass is 302 g/mol. The van der Waals surface area contributed by atoms with Crippen molar-refractivity contribution in [3.05, 3.63) is 30.3 Å². The van der Waals surface area contributed by atoms with Gasteiger partial charge in [0.1, 0.15) is 0 Å². The Labute approximate surface area is 134 Å². The Hall–Kier alpha value is -1.55. The lowest BCUT2D eigenvalue weighted by Gasteiger charge is -2.36. The molecule has 122 valence electrons. The molecule has 22 heavy (non-hydrogen) atoms. The third-order valence-corrected chi connectivity index (χ3v) is 4.31. The van der Waals surface area contributed by atoms with Crippen molar-refractivity contribution in [1.82, 2.24) is 4.90 Å². The van der Waals surface area contributed by atoms with E-state index in [2.05, 4.69) is 43.1 Å². The molecule has 0 amide bonds. The zero-order valence-electron chi connectivity index (χ0n) is 14.2. The van der Waals surface area contributed by atoms with Crippen LogP contribution in [0.15, 0.2) is 35.3 Å². The molecule has 4 heteroatoms. The maximum absolute atomic E-state index is 5.85. The number of nitrogens with one attached hydrogen (secondary N) is 1. The summed E-state index contributed by atoms with van der Waals surface area (Å²) in [5, 5.41) is 3.51. The van der Waals surface area contributed by atoms with Gasteiger partial charge in [0.2, 0.25) is 0 Å². The quantitative estimate of drug-likeness (QED) is 0.662. The maximum atomic E-state index is 5.85. The Morgan fingerprint density at radius 2 is 2.05 bits per heavy atom. The van der Waals surface area contributed by atoms with E-state index in [1.165, 1.54) is 19.3 Å². The molecular formula is C18H30N4. The Balaban J connectivity index is 2.17. The summed E-state index contributed by atoms with van der Waals surface area (Å²) in [5.41, 5.74) is 6.97.